The number of hydrogen-bond donors (Lipinski definition) is 1. The molecule has 6 heteroatoms. The number of ether oxygens (including phenoxy) is 1. The van der Waals surface area contributed by atoms with Crippen LogP contribution in [0.25, 0.3) is 0 Å². The Morgan fingerprint density at radius 1 is 1.45 bits per heavy atom. The van der Waals surface area contributed by atoms with Crippen molar-refractivity contribution in [3.63, 3.8) is 0 Å². The molecule has 0 aliphatic heterocycles. The fourth-order valence-corrected chi connectivity index (χ4v) is 2.49. The number of anilines is 1. The van der Waals surface area contributed by atoms with Gasteiger partial charge >= 0.3 is 0 Å². The first kappa shape index (κ1) is 14.5. The second-order valence-electron chi connectivity index (χ2n) is 4.27. The Labute approximate surface area is 122 Å². The molecule has 0 radical (unpaired) electrons. The molecule has 1 heterocycles. The number of benzene rings is 1. The molecular weight excluding hydrogens is 274 g/mol. The topological polar surface area (TPSA) is 56.1 Å². The van der Waals surface area contributed by atoms with Gasteiger partial charge in [-0.05, 0) is 19.1 Å². The lowest BCUT2D eigenvalue weighted by Gasteiger charge is -2.13. The van der Waals surface area contributed by atoms with Gasteiger partial charge in [-0.3, -0.25) is 4.79 Å². The fourth-order valence-electron chi connectivity index (χ4n) is 1.66. The normalized spacial score (nSPS) is 11.9. The second kappa shape index (κ2) is 6.47. The average Bonchev–Trinajstić information content (AvgIpc) is 2.84. The number of aryl methyl sites for hydroxylation is 1. The van der Waals surface area contributed by atoms with Gasteiger partial charge in [0.25, 0.3) is 0 Å². The number of methoxy groups -OCH3 is 1. The Kier molecular flexibility index (Phi) is 4.68. The first-order chi connectivity index (χ1) is 9.61. The SMILES string of the molecule is COc1ccccc1NC(=O)[C@H](C)Sc1nccn1C. The molecule has 1 aromatic heterocycles. The van der Waals surface area contributed by atoms with Crippen LogP contribution >= 0.6 is 11.8 Å². The standard InChI is InChI=1S/C14H17N3O2S/c1-10(20-14-15-8-9-17(14)2)13(18)16-11-6-4-5-7-12(11)19-3/h4-10H,1-3H3,(H,16,18)/t10-/m0/s1. The van der Waals surface area contributed by atoms with Crippen LogP contribution in [0.4, 0.5) is 5.69 Å². The number of hydrogen-bond acceptors (Lipinski definition) is 4. The third-order valence-corrected chi connectivity index (χ3v) is 3.97. The van der Waals surface area contributed by atoms with Gasteiger partial charge in [-0.15, -0.1) is 0 Å². The molecule has 0 spiro atoms. The van der Waals surface area contributed by atoms with E-state index < -0.39 is 0 Å². The van der Waals surface area contributed by atoms with Gasteiger partial charge in [0.05, 0.1) is 18.0 Å². The number of thioether (sulfide) groups is 1. The average molecular weight is 291 g/mol. The van der Waals surface area contributed by atoms with Crippen LogP contribution in [0.3, 0.4) is 0 Å². The second-order valence-corrected chi connectivity index (χ2v) is 5.58. The zero-order chi connectivity index (χ0) is 14.5. The Bertz CT molecular complexity index is 598. The van der Waals surface area contributed by atoms with Gasteiger partial charge < -0.3 is 14.6 Å². The molecule has 5 nitrogen and oxygen atoms in total. The molecule has 1 amide bonds. The van der Waals surface area contributed by atoms with Gasteiger partial charge in [0.15, 0.2) is 5.16 Å². The highest BCUT2D eigenvalue weighted by Crippen LogP contribution is 2.26. The van der Waals surface area contributed by atoms with Crippen molar-refractivity contribution in [2.24, 2.45) is 7.05 Å². The third kappa shape index (κ3) is 3.33. The molecule has 1 atom stereocenters. The molecule has 2 aromatic rings. The molecule has 0 unspecified atom stereocenters. The lowest BCUT2D eigenvalue weighted by molar-refractivity contribution is -0.115. The fraction of sp³-hybridized carbons (Fsp3) is 0.286. The summed E-state index contributed by atoms with van der Waals surface area (Å²) in [4.78, 5) is 16.4. The first-order valence-corrected chi connectivity index (χ1v) is 7.07. The number of carbonyl (C=O) groups excluding carboxylic acids is 1. The van der Waals surface area contributed by atoms with E-state index >= 15 is 0 Å². The molecule has 20 heavy (non-hydrogen) atoms. The monoisotopic (exact) mass is 291 g/mol. The Morgan fingerprint density at radius 2 is 2.20 bits per heavy atom. The zero-order valence-electron chi connectivity index (χ0n) is 11.7. The molecule has 0 aliphatic carbocycles. The van der Waals surface area contributed by atoms with Crippen molar-refractivity contribution < 1.29 is 9.53 Å². The van der Waals surface area contributed by atoms with Crippen molar-refractivity contribution in [1.29, 1.82) is 0 Å². The van der Waals surface area contributed by atoms with Crippen LogP contribution in [0.15, 0.2) is 41.8 Å². The van der Waals surface area contributed by atoms with Gasteiger partial charge in [0, 0.05) is 19.4 Å². The van der Waals surface area contributed by atoms with Crippen LogP contribution in [-0.2, 0) is 11.8 Å². The van der Waals surface area contributed by atoms with Crippen LogP contribution in [0, 0.1) is 0 Å². The van der Waals surface area contributed by atoms with E-state index in [1.165, 1.54) is 11.8 Å². The van der Waals surface area contributed by atoms with Crippen molar-refractivity contribution >= 4 is 23.4 Å². The van der Waals surface area contributed by atoms with E-state index in [9.17, 15) is 4.79 Å². The highest BCUT2D eigenvalue weighted by Gasteiger charge is 2.17. The predicted molar refractivity (Wildman–Crippen MR) is 80.2 cm³/mol. The smallest absolute Gasteiger partial charge is 0.237 e. The van der Waals surface area contributed by atoms with E-state index in [0.29, 0.717) is 11.4 Å². The van der Waals surface area contributed by atoms with E-state index in [0.717, 1.165) is 5.16 Å². The highest BCUT2D eigenvalue weighted by molar-refractivity contribution is 8.00. The van der Waals surface area contributed by atoms with Gasteiger partial charge in [0.2, 0.25) is 5.91 Å². The quantitative estimate of drug-likeness (QED) is 0.860. The summed E-state index contributed by atoms with van der Waals surface area (Å²) in [7, 11) is 3.48. The van der Waals surface area contributed by atoms with Gasteiger partial charge in [-0.1, -0.05) is 23.9 Å². The lowest BCUT2D eigenvalue weighted by Crippen LogP contribution is -2.23. The van der Waals surface area contributed by atoms with Gasteiger partial charge in [0.1, 0.15) is 5.75 Å². The number of rotatable bonds is 5. The molecule has 1 aromatic carbocycles. The molecule has 0 saturated heterocycles. The maximum absolute atomic E-state index is 12.2. The maximum atomic E-state index is 12.2. The van der Waals surface area contributed by atoms with Crippen LogP contribution in [0.5, 0.6) is 5.75 Å². The summed E-state index contributed by atoms with van der Waals surface area (Å²) in [5, 5.41) is 3.43. The lowest BCUT2D eigenvalue weighted by atomic mass is 10.3. The number of nitrogens with one attached hydrogen (secondary N) is 1. The van der Waals surface area contributed by atoms with E-state index in [-0.39, 0.29) is 11.2 Å². The van der Waals surface area contributed by atoms with Gasteiger partial charge in [-0.25, -0.2) is 4.98 Å². The van der Waals surface area contributed by atoms with Gasteiger partial charge in [-0.2, -0.15) is 0 Å². The molecule has 0 saturated carbocycles. The van der Waals surface area contributed by atoms with Crippen molar-refractivity contribution in [2.45, 2.75) is 17.3 Å². The van der Waals surface area contributed by atoms with Crippen LogP contribution in [0.2, 0.25) is 0 Å². The minimum absolute atomic E-state index is 0.0810. The molecular formula is C14H17N3O2S. The molecule has 0 bridgehead atoms. The molecule has 0 fully saturated rings. The summed E-state index contributed by atoms with van der Waals surface area (Å²) in [6.07, 6.45) is 3.57. The zero-order valence-corrected chi connectivity index (χ0v) is 12.5. The molecule has 2 rings (SSSR count). The largest absolute Gasteiger partial charge is 0.495 e. The maximum Gasteiger partial charge on any atom is 0.237 e. The number of aromatic nitrogens is 2. The molecule has 0 aliphatic rings. The number of carbonyl (C=O) groups is 1. The Hall–Kier alpha value is -1.95. The molecule has 1 N–H and O–H groups in total. The number of para-hydroxylation sites is 2. The van der Waals surface area contributed by atoms with E-state index in [1.807, 2.05) is 49.0 Å². The van der Waals surface area contributed by atoms with Crippen LogP contribution < -0.4 is 10.1 Å². The first-order valence-electron chi connectivity index (χ1n) is 6.19. The van der Waals surface area contributed by atoms with Crippen molar-refractivity contribution in [1.82, 2.24) is 9.55 Å². The van der Waals surface area contributed by atoms with E-state index in [2.05, 4.69) is 10.3 Å². The number of amides is 1. The van der Waals surface area contributed by atoms with E-state index in [1.54, 1.807) is 13.3 Å². The third-order valence-electron chi connectivity index (χ3n) is 2.79. The highest BCUT2D eigenvalue weighted by atomic mass is 32.2. The van der Waals surface area contributed by atoms with E-state index in [4.69, 9.17) is 4.74 Å². The number of imidazole rings is 1. The summed E-state index contributed by atoms with van der Waals surface area (Å²) in [6, 6.07) is 7.34. The van der Waals surface area contributed by atoms with Crippen molar-refractivity contribution in [3.8, 4) is 5.75 Å². The Balaban J connectivity index is 2.02. The minimum atomic E-state index is -0.249. The molecule has 106 valence electrons. The summed E-state index contributed by atoms with van der Waals surface area (Å²) in [5.41, 5.74) is 0.673. The van der Waals surface area contributed by atoms with Crippen molar-refractivity contribution in [2.75, 3.05) is 12.4 Å². The summed E-state index contributed by atoms with van der Waals surface area (Å²) < 4.78 is 7.10. The summed E-state index contributed by atoms with van der Waals surface area (Å²) in [5.74, 6) is 0.567. The number of nitrogens with zero attached hydrogens (tertiary/aromatic N) is 2. The Morgan fingerprint density at radius 3 is 2.85 bits per heavy atom. The van der Waals surface area contributed by atoms with Crippen LogP contribution in [-0.4, -0.2) is 27.8 Å². The minimum Gasteiger partial charge on any atom is -0.495 e. The van der Waals surface area contributed by atoms with Crippen molar-refractivity contribution in [3.05, 3.63) is 36.7 Å². The summed E-state index contributed by atoms with van der Waals surface area (Å²) in [6.45, 7) is 1.85. The van der Waals surface area contributed by atoms with Crippen LogP contribution in [0.1, 0.15) is 6.92 Å². The predicted octanol–water partition coefficient (Wildman–Crippen LogP) is 2.55. The summed E-state index contributed by atoms with van der Waals surface area (Å²) >= 11 is 1.42.